The highest BCUT2D eigenvalue weighted by atomic mass is 35.5. The third kappa shape index (κ3) is 4.47. The quantitative estimate of drug-likeness (QED) is 0.776. The monoisotopic (exact) mass is 399 g/mol. The van der Waals surface area contributed by atoms with Crippen LogP contribution in [0.2, 0.25) is 5.02 Å². The van der Waals surface area contributed by atoms with Crippen molar-refractivity contribution < 1.29 is 13.2 Å². The Balaban J connectivity index is 1.53. The number of nitrogens with one attached hydrogen (secondary N) is 1. The van der Waals surface area contributed by atoms with E-state index in [4.69, 9.17) is 23.8 Å². The van der Waals surface area contributed by atoms with Crippen LogP contribution in [0.4, 0.5) is 18.9 Å². The smallest absolute Gasteiger partial charge is 0.173 e. The highest BCUT2D eigenvalue weighted by Crippen LogP contribution is 2.20. The highest BCUT2D eigenvalue weighted by molar-refractivity contribution is 7.80. The average Bonchev–Trinajstić information content (AvgIpc) is 2.63. The van der Waals surface area contributed by atoms with E-state index in [-0.39, 0.29) is 5.02 Å². The maximum absolute atomic E-state index is 13.8. The summed E-state index contributed by atoms with van der Waals surface area (Å²) in [7, 11) is 0. The Kier molecular flexibility index (Phi) is 6.01. The molecular formula is C18H17ClF3N3S. The van der Waals surface area contributed by atoms with Crippen LogP contribution in [0, 0.1) is 17.5 Å². The fourth-order valence-electron chi connectivity index (χ4n) is 2.80. The zero-order valence-electron chi connectivity index (χ0n) is 13.8. The Morgan fingerprint density at radius 2 is 1.77 bits per heavy atom. The number of thiocarbonyl (C=S) groups is 1. The summed E-state index contributed by atoms with van der Waals surface area (Å²) >= 11 is 11.2. The molecule has 0 unspecified atom stereocenters. The molecule has 0 atom stereocenters. The summed E-state index contributed by atoms with van der Waals surface area (Å²) in [5.41, 5.74) is 0.964. The normalized spacial score (nSPS) is 15.2. The van der Waals surface area contributed by atoms with Crippen LogP contribution in [0.25, 0.3) is 0 Å². The summed E-state index contributed by atoms with van der Waals surface area (Å²) in [4.78, 5) is 4.02. The maximum atomic E-state index is 13.8. The molecule has 1 fully saturated rings. The van der Waals surface area contributed by atoms with E-state index in [1.165, 1.54) is 18.2 Å². The van der Waals surface area contributed by atoms with Gasteiger partial charge < -0.3 is 10.2 Å². The lowest BCUT2D eigenvalue weighted by Crippen LogP contribution is -2.49. The van der Waals surface area contributed by atoms with Gasteiger partial charge in [-0.25, -0.2) is 13.2 Å². The molecular weight excluding hydrogens is 383 g/mol. The van der Waals surface area contributed by atoms with Gasteiger partial charge in [-0.2, -0.15) is 0 Å². The van der Waals surface area contributed by atoms with Gasteiger partial charge in [0, 0.05) is 44.0 Å². The third-order valence-corrected chi connectivity index (χ3v) is 4.91. The van der Waals surface area contributed by atoms with Crippen molar-refractivity contribution in [3.8, 4) is 0 Å². The second-order valence-corrected chi connectivity index (χ2v) is 6.83. The van der Waals surface area contributed by atoms with Gasteiger partial charge in [0.05, 0.1) is 5.02 Å². The predicted octanol–water partition coefficient (Wildman–Crippen LogP) is 4.27. The number of rotatable bonds is 3. The summed E-state index contributed by atoms with van der Waals surface area (Å²) in [6.07, 6.45) is 0. The van der Waals surface area contributed by atoms with Gasteiger partial charge >= 0.3 is 0 Å². The van der Waals surface area contributed by atoms with E-state index >= 15 is 0 Å². The lowest BCUT2D eigenvalue weighted by atomic mass is 10.2. The molecule has 2 aromatic carbocycles. The Morgan fingerprint density at radius 3 is 2.46 bits per heavy atom. The summed E-state index contributed by atoms with van der Waals surface area (Å²) in [6.45, 7) is 2.99. The zero-order chi connectivity index (χ0) is 18.7. The van der Waals surface area contributed by atoms with E-state index in [1.807, 2.05) is 9.80 Å². The second kappa shape index (κ2) is 8.24. The molecule has 3 nitrogen and oxygen atoms in total. The Morgan fingerprint density at radius 1 is 1.04 bits per heavy atom. The third-order valence-electron chi connectivity index (χ3n) is 4.26. The van der Waals surface area contributed by atoms with Gasteiger partial charge in [0.1, 0.15) is 5.82 Å². The molecule has 0 amide bonds. The fourth-order valence-corrected chi connectivity index (χ4v) is 3.28. The number of piperazine rings is 1. The van der Waals surface area contributed by atoms with Gasteiger partial charge in [-0.15, -0.1) is 0 Å². The van der Waals surface area contributed by atoms with Crippen LogP contribution in [-0.4, -0.2) is 41.1 Å². The van der Waals surface area contributed by atoms with Crippen molar-refractivity contribution in [2.75, 3.05) is 31.5 Å². The van der Waals surface area contributed by atoms with Crippen molar-refractivity contribution in [3.63, 3.8) is 0 Å². The van der Waals surface area contributed by atoms with E-state index in [0.29, 0.717) is 49.1 Å². The summed E-state index contributed by atoms with van der Waals surface area (Å²) in [5, 5.41) is 3.58. The van der Waals surface area contributed by atoms with Crippen LogP contribution in [0.1, 0.15) is 5.56 Å². The minimum atomic E-state index is -0.829. The number of anilines is 1. The van der Waals surface area contributed by atoms with Crippen LogP contribution in [0.5, 0.6) is 0 Å². The zero-order valence-corrected chi connectivity index (χ0v) is 15.4. The van der Waals surface area contributed by atoms with E-state index in [0.717, 1.165) is 6.07 Å². The molecule has 1 aliphatic rings. The van der Waals surface area contributed by atoms with Gasteiger partial charge in [0.15, 0.2) is 16.7 Å². The fraction of sp³-hybridized carbons (Fsp3) is 0.278. The molecule has 0 spiro atoms. The minimum Gasteiger partial charge on any atom is -0.346 e. The van der Waals surface area contributed by atoms with Crippen molar-refractivity contribution in [1.82, 2.24) is 9.80 Å². The number of hydrogen-bond acceptors (Lipinski definition) is 2. The van der Waals surface area contributed by atoms with Crippen molar-refractivity contribution >= 4 is 34.6 Å². The summed E-state index contributed by atoms with van der Waals surface area (Å²) in [6, 6.07) is 8.54. The Bertz CT molecular complexity index is 810. The van der Waals surface area contributed by atoms with Gasteiger partial charge in [-0.1, -0.05) is 23.7 Å². The Labute approximate surface area is 160 Å². The molecule has 2 aromatic rings. The first kappa shape index (κ1) is 18.9. The molecule has 1 heterocycles. The topological polar surface area (TPSA) is 18.5 Å². The molecule has 0 radical (unpaired) electrons. The van der Waals surface area contributed by atoms with E-state index in [9.17, 15) is 13.2 Å². The van der Waals surface area contributed by atoms with Crippen LogP contribution in [0.15, 0.2) is 36.4 Å². The van der Waals surface area contributed by atoms with Gasteiger partial charge in [0.2, 0.25) is 0 Å². The molecule has 1 aliphatic heterocycles. The molecule has 0 saturated carbocycles. The van der Waals surface area contributed by atoms with E-state index in [1.54, 1.807) is 12.1 Å². The molecule has 1 saturated heterocycles. The molecule has 1 N–H and O–H groups in total. The first-order valence-electron chi connectivity index (χ1n) is 8.10. The van der Waals surface area contributed by atoms with Crippen molar-refractivity contribution in [3.05, 3.63) is 64.4 Å². The first-order chi connectivity index (χ1) is 12.4. The second-order valence-electron chi connectivity index (χ2n) is 6.04. The maximum Gasteiger partial charge on any atom is 0.173 e. The lowest BCUT2D eigenvalue weighted by Gasteiger charge is -2.36. The number of halogens is 4. The molecule has 0 aromatic heterocycles. The van der Waals surface area contributed by atoms with Crippen LogP contribution in [0.3, 0.4) is 0 Å². The molecule has 0 bridgehead atoms. The van der Waals surface area contributed by atoms with Gasteiger partial charge in [-0.05, 0) is 36.5 Å². The molecule has 26 heavy (non-hydrogen) atoms. The predicted molar refractivity (Wildman–Crippen MR) is 101 cm³/mol. The van der Waals surface area contributed by atoms with E-state index < -0.39 is 17.5 Å². The lowest BCUT2D eigenvalue weighted by molar-refractivity contribution is 0.175. The van der Waals surface area contributed by atoms with Crippen molar-refractivity contribution in [1.29, 1.82) is 0 Å². The highest BCUT2D eigenvalue weighted by Gasteiger charge is 2.20. The van der Waals surface area contributed by atoms with Crippen LogP contribution in [-0.2, 0) is 6.54 Å². The Hall–Kier alpha value is -1.83. The summed E-state index contributed by atoms with van der Waals surface area (Å²) < 4.78 is 40.3. The van der Waals surface area contributed by atoms with Crippen LogP contribution < -0.4 is 5.32 Å². The minimum absolute atomic E-state index is 0.0275. The van der Waals surface area contributed by atoms with Crippen molar-refractivity contribution in [2.45, 2.75) is 6.54 Å². The summed E-state index contributed by atoms with van der Waals surface area (Å²) in [5.74, 6) is -2.11. The standard InChI is InChI=1S/C18H17ClF3N3S/c19-14-10-13(4-5-15(14)20)23-18(26)25-8-6-24(7-9-25)11-12-2-1-3-16(21)17(12)22/h1-5,10H,6-9,11H2,(H,23,26). The van der Waals surface area contributed by atoms with E-state index in [2.05, 4.69) is 5.32 Å². The number of benzene rings is 2. The largest absolute Gasteiger partial charge is 0.346 e. The van der Waals surface area contributed by atoms with Crippen molar-refractivity contribution in [2.24, 2.45) is 0 Å². The molecule has 3 rings (SSSR count). The van der Waals surface area contributed by atoms with Crippen LogP contribution >= 0.6 is 23.8 Å². The van der Waals surface area contributed by atoms with Gasteiger partial charge in [0.25, 0.3) is 0 Å². The molecule has 8 heteroatoms. The average molecular weight is 400 g/mol. The number of hydrogen-bond donors (Lipinski definition) is 1. The molecule has 0 aliphatic carbocycles. The SMILES string of the molecule is Fc1ccc(NC(=S)N2CCN(Cc3cccc(F)c3F)CC2)cc1Cl. The first-order valence-corrected chi connectivity index (χ1v) is 8.89. The van der Waals surface area contributed by atoms with Gasteiger partial charge in [-0.3, -0.25) is 4.90 Å². The molecule has 138 valence electrons. The number of nitrogens with zero attached hydrogens (tertiary/aromatic N) is 2.